The number of aliphatic hydroxyl groups excluding tert-OH is 1. The van der Waals surface area contributed by atoms with Crippen LogP contribution in [0.15, 0.2) is 60.7 Å². The molecule has 178 valence electrons. The number of rotatable bonds is 8. The number of hydrogen-bond acceptors (Lipinski definition) is 6. The highest BCUT2D eigenvalue weighted by Gasteiger charge is 2.26. The summed E-state index contributed by atoms with van der Waals surface area (Å²) in [6.07, 6.45) is 0.374. The van der Waals surface area contributed by atoms with E-state index in [4.69, 9.17) is 9.47 Å². The molecule has 34 heavy (non-hydrogen) atoms. The molecule has 3 aromatic carbocycles. The van der Waals surface area contributed by atoms with Crippen LogP contribution in [0.1, 0.15) is 11.7 Å². The summed E-state index contributed by atoms with van der Waals surface area (Å²) in [6.45, 7) is 1.86. The molecule has 9 heteroatoms. The monoisotopic (exact) mass is 481 g/mol. The summed E-state index contributed by atoms with van der Waals surface area (Å²) in [5.74, 6) is 1.28. The Morgan fingerprint density at radius 1 is 1.12 bits per heavy atom. The molecule has 0 radical (unpaired) electrons. The Labute approximate surface area is 198 Å². The average Bonchev–Trinajstić information content (AvgIpc) is 3.20. The molecular formula is C25H27N3O5S. The first kappa shape index (κ1) is 22.5. The molecule has 5 rings (SSSR count). The van der Waals surface area contributed by atoms with E-state index in [0.29, 0.717) is 43.3 Å². The van der Waals surface area contributed by atoms with Crippen molar-refractivity contribution in [3.63, 3.8) is 0 Å². The van der Waals surface area contributed by atoms with E-state index >= 15 is 0 Å². The van der Waals surface area contributed by atoms with Crippen LogP contribution >= 0.6 is 0 Å². The van der Waals surface area contributed by atoms with Crippen molar-refractivity contribution < 1.29 is 23.0 Å². The minimum absolute atomic E-state index is 0.255. The van der Waals surface area contributed by atoms with Crippen molar-refractivity contribution in [1.29, 1.82) is 0 Å². The summed E-state index contributed by atoms with van der Waals surface area (Å²) in [7, 11) is -3.42. The summed E-state index contributed by atoms with van der Waals surface area (Å²) in [5, 5.41) is 16.1. The lowest BCUT2D eigenvalue weighted by Crippen LogP contribution is -2.37. The number of para-hydroxylation sites is 1. The number of aromatic amines is 1. The zero-order chi connectivity index (χ0) is 23.7. The number of sulfonamides is 1. The number of nitrogens with one attached hydrogen (secondary N) is 2. The number of aliphatic hydroxyl groups is 1. The Morgan fingerprint density at radius 2 is 1.94 bits per heavy atom. The summed E-state index contributed by atoms with van der Waals surface area (Å²) in [5.41, 5.74) is 3.21. The first-order chi connectivity index (χ1) is 16.4. The fourth-order valence-electron chi connectivity index (χ4n) is 4.28. The lowest BCUT2D eigenvalue weighted by Gasteiger charge is -2.30. The number of aromatic nitrogens is 1. The number of nitrogens with zero attached hydrogens (tertiary/aromatic N) is 1. The molecule has 3 N–H and O–H groups in total. The first-order valence-electron chi connectivity index (χ1n) is 11.2. The van der Waals surface area contributed by atoms with E-state index < -0.39 is 16.1 Å². The minimum Gasteiger partial charge on any atom is -0.492 e. The molecule has 0 saturated carbocycles. The third kappa shape index (κ3) is 4.54. The van der Waals surface area contributed by atoms with Crippen LogP contribution in [0, 0.1) is 0 Å². The predicted octanol–water partition coefficient (Wildman–Crippen LogP) is 3.18. The molecule has 4 aromatic rings. The third-order valence-electron chi connectivity index (χ3n) is 5.95. The quantitative estimate of drug-likeness (QED) is 0.334. The Hall–Kier alpha value is -3.27. The molecule has 0 fully saturated rings. The van der Waals surface area contributed by atoms with E-state index in [-0.39, 0.29) is 6.54 Å². The lowest BCUT2D eigenvalue weighted by atomic mass is 10.1. The maximum absolute atomic E-state index is 12.1. The Bertz CT molecular complexity index is 1430. The number of hydrogen-bond donors (Lipinski definition) is 3. The molecule has 0 amide bonds. The van der Waals surface area contributed by atoms with E-state index in [2.05, 4.69) is 28.5 Å². The van der Waals surface area contributed by atoms with Gasteiger partial charge in [0.05, 0.1) is 30.1 Å². The van der Waals surface area contributed by atoms with Gasteiger partial charge < -0.3 is 24.9 Å². The summed E-state index contributed by atoms with van der Waals surface area (Å²) < 4.78 is 36.9. The van der Waals surface area contributed by atoms with Gasteiger partial charge in [-0.1, -0.05) is 24.3 Å². The van der Waals surface area contributed by atoms with Gasteiger partial charge in [0.1, 0.15) is 24.7 Å². The molecular weight excluding hydrogens is 454 g/mol. The van der Waals surface area contributed by atoms with Crippen LogP contribution in [0.2, 0.25) is 0 Å². The fourth-order valence-corrected chi connectivity index (χ4v) is 5.19. The molecule has 2 heterocycles. The normalized spacial score (nSPS) is 14.7. The number of ether oxygens (including phenoxy) is 2. The van der Waals surface area contributed by atoms with Crippen LogP contribution in [0.3, 0.4) is 0 Å². The smallest absolute Gasteiger partial charge is 0.232 e. The summed E-state index contributed by atoms with van der Waals surface area (Å²) in [4.78, 5) is 3.41. The van der Waals surface area contributed by atoms with Gasteiger partial charge in [0, 0.05) is 35.4 Å². The minimum atomic E-state index is -3.42. The highest BCUT2D eigenvalue weighted by molar-refractivity contribution is 7.92. The number of H-pyrrole nitrogens is 1. The third-order valence-corrected chi connectivity index (χ3v) is 7.13. The SMILES string of the molecule is CS(=O)(=O)N1CCOc2ccc(C(O)CNCCOc3ccc4c(c3)[nH]c3ccccc34)cc21. The van der Waals surface area contributed by atoms with Gasteiger partial charge >= 0.3 is 0 Å². The predicted molar refractivity (Wildman–Crippen MR) is 133 cm³/mol. The standard InChI is InChI=1S/C25H27N3O5S/c1-34(30,31)28-11-13-33-25-9-6-17(14-23(25)28)24(29)16-26-10-12-32-18-7-8-20-19-4-2-3-5-21(19)27-22(20)15-18/h2-9,14-15,24,26-27,29H,10-13,16H2,1H3. The Morgan fingerprint density at radius 3 is 2.79 bits per heavy atom. The maximum Gasteiger partial charge on any atom is 0.232 e. The highest BCUT2D eigenvalue weighted by atomic mass is 32.2. The van der Waals surface area contributed by atoms with Gasteiger partial charge in [0.2, 0.25) is 10.0 Å². The highest BCUT2D eigenvalue weighted by Crippen LogP contribution is 2.35. The van der Waals surface area contributed by atoms with Crippen LogP contribution in [0.5, 0.6) is 11.5 Å². The van der Waals surface area contributed by atoms with Crippen molar-refractivity contribution in [2.45, 2.75) is 6.10 Å². The zero-order valence-electron chi connectivity index (χ0n) is 18.8. The van der Waals surface area contributed by atoms with Crippen molar-refractivity contribution in [2.24, 2.45) is 0 Å². The van der Waals surface area contributed by atoms with E-state index in [1.807, 2.05) is 24.3 Å². The van der Waals surface area contributed by atoms with E-state index in [0.717, 1.165) is 22.2 Å². The van der Waals surface area contributed by atoms with E-state index in [9.17, 15) is 13.5 Å². The van der Waals surface area contributed by atoms with Crippen molar-refractivity contribution >= 4 is 37.5 Å². The van der Waals surface area contributed by atoms with Crippen molar-refractivity contribution in [3.8, 4) is 11.5 Å². The van der Waals surface area contributed by atoms with Crippen molar-refractivity contribution in [1.82, 2.24) is 10.3 Å². The zero-order valence-corrected chi connectivity index (χ0v) is 19.6. The summed E-state index contributed by atoms with van der Waals surface area (Å²) >= 11 is 0. The van der Waals surface area contributed by atoms with Gasteiger partial charge in [0.25, 0.3) is 0 Å². The molecule has 1 aliphatic heterocycles. The number of benzene rings is 3. The van der Waals surface area contributed by atoms with Gasteiger partial charge in [-0.05, 0) is 35.9 Å². The second kappa shape index (κ2) is 9.17. The van der Waals surface area contributed by atoms with E-state index in [1.54, 1.807) is 18.2 Å². The van der Waals surface area contributed by atoms with Crippen molar-refractivity contribution in [2.75, 3.05) is 43.4 Å². The van der Waals surface area contributed by atoms with E-state index in [1.165, 1.54) is 15.9 Å². The number of anilines is 1. The molecule has 0 bridgehead atoms. The average molecular weight is 482 g/mol. The molecule has 0 spiro atoms. The summed E-state index contributed by atoms with van der Waals surface area (Å²) in [6, 6.07) is 19.3. The largest absolute Gasteiger partial charge is 0.492 e. The lowest BCUT2D eigenvalue weighted by molar-refractivity contribution is 0.172. The Kier molecular flexibility index (Phi) is 6.07. The fraction of sp³-hybridized carbons (Fsp3) is 0.280. The molecule has 0 saturated heterocycles. The van der Waals surface area contributed by atoms with Gasteiger partial charge in [-0.3, -0.25) is 4.31 Å². The van der Waals surface area contributed by atoms with Crippen molar-refractivity contribution in [3.05, 3.63) is 66.2 Å². The van der Waals surface area contributed by atoms with Crippen LogP contribution in [-0.2, 0) is 10.0 Å². The first-order valence-corrected chi connectivity index (χ1v) is 13.0. The van der Waals surface area contributed by atoms with Crippen LogP contribution in [-0.4, -0.2) is 57.6 Å². The van der Waals surface area contributed by atoms with Gasteiger partial charge in [-0.15, -0.1) is 0 Å². The molecule has 1 aliphatic rings. The van der Waals surface area contributed by atoms with Gasteiger partial charge in [-0.2, -0.15) is 0 Å². The second-order valence-electron chi connectivity index (χ2n) is 8.36. The van der Waals surface area contributed by atoms with Gasteiger partial charge in [-0.25, -0.2) is 8.42 Å². The van der Waals surface area contributed by atoms with Gasteiger partial charge in [0.15, 0.2) is 0 Å². The molecule has 1 unspecified atom stereocenters. The second-order valence-corrected chi connectivity index (χ2v) is 10.3. The molecule has 1 aromatic heterocycles. The van der Waals surface area contributed by atoms with Crippen LogP contribution in [0.25, 0.3) is 21.8 Å². The van der Waals surface area contributed by atoms with Crippen LogP contribution in [0.4, 0.5) is 5.69 Å². The molecule has 1 atom stereocenters. The molecule has 8 nitrogen and oxygen atoms in total. The Balaban J connectivity index is 1.16. The number of fused-ring (bicyclic) bond motifs is 4. The van der Waals surface area contributed by atoms with Crippen LogP contribution < -0.4 is 19.1 Å². The maximum atomic E-state index is 12.1. The topological polar surface area (TPSA) is 104 Å². The molecule has 0 aliphatic carbocycles.